The van der Waals surface area contributed by atoms with E-state index >= 15 is 0 Å². The molecule has 0 heterocycles. The second-order valence-corrected chi connectivity index (χ2v) is 6.43. The van der Waals surface area contributed by atoms with Crippen LogP contribution in [-0.4, -0.2) is 62.3 Å². The first-order valence-electron chi connectivity index (χ1n) is 7.16. The predicted octanol–water partition coefficient (Wildman–Crippen LogP) is 2.17. The van der Waals surface area contributed by atoms with Crippen molar-refractivity contribution < 1.29 is 28.0 Å². The topological polar surface area (TPSA) is 104 Å². The number of rotatable bonds is 8. The van der Waals surface area contributed by atoms with Gasteiger partial charge in [-0.2, -0.15) is 4.21 Å². The number of aliphatic hydroxyl groups is 1. The zero-order valence-electron chi connectivity index (χ0n) is 13.7. The number of aliphatic hydroxyl groups excluding tert-OH is 1. The van der Waals surface area contributed by atoms with Gasteiger partial charge >= 0.3 is 121 Å². The van der Waals surface area contributed by atoms with Crippen molar-refractivity contribution in [1.82, 2.24) is 0 Å². The first-order chi connectivity index (χ1) is 10.2. The largest absolute Gasteiger partial charge is 0.299 e. The second-order valence-electron chi connectivity index (χ2n) is 4.88. The summed E-state index contributed by atoms with van der Waals surface area (Å²) in [4.78, 5) is 11.1. The Labute approximate surface area is 152 Å². The molecule has 6 nitrogen and oxygen atoms in total. The molecule has 0 aliphatic heterocycles. The van der Waals surface area contributed by atoms with Crippen molar-refractivity contribution in [2.75, 3.05) is 6.61 Å². The minimum atomic E-state index is -2.61. The third-order valence-electron chi connectivity index (χ3n) is 2.79. The van der Waals surface area contributed by atoms with Gasteiger partial charge in [-0.05, 0) is 0 Å². The molecule has 0 rings (SSSR count). The Morgan fingerprint density at radius 1 is 1.27 bits per heavy atom. The molecule has 0 aliphatic rings. The van der Waals surface area contributed by atoms with Gasteiger partial charge in [-0.1, -0.05) is 6.92 Å². The van der Waals surface area contributed by atoms with Gasteiger partial charge in [-0.25, -0.2) is 0 Å². The molecule has 0 saturated carbocycles. The van der Waals surface area contributed by atoms with Crippen LogP contribution >= 0.6 is 0 Å². The maximum Gasteiger partial charge on any atom is 0.299 e. The molecule has 8 heteroatoms. The zero-order valence-corrected chi connectivity index (χ0v) is 16.6. The molecule has 0 saturated heterocycles. The summed E-state index contributed by atoms with van der Waals surface area (Å²) in [5.41, 5.74) is 2.27. The van der Waals surface area contributed by atoms with Crippen molar-refractivity contribution >= 4 is 45.3 Å². The SMILES string of the molecule is CCCC(=O)OCC=C(C)CCC=C(C)[CH](O)[Na].O=S(O)O. The number of esters is 1. The molecule has 0 bridgehead atoms. The van der Waals surface area contributed by atoms with Gasteiger partial charge in [0.1, 0.15) is 0 Å². The molecule has 0 spiro atoms. The molecule has 0 radical (unpaired) electrons. The van der Waals surface area contributed by atoms with Crippen molar-refractivity contribution in [3.05, 3.63) is 23.3 Å². The molecular formula is C14H25NaO6S. The summed E-state index contributed by atoms with van der Waals surface area (Å²) in [6.07, 6.45) is 7.22. The second kappa shape index (κ2) is 15.9. The fourth-order valence-electron chi connectivity index (χ4n) is 1.35. The smallest absolute Gasteiger partial charge is 0.284 e. The van der Waals surface area contributed by atoms with Gasteiger partial charge in [0.25, 0.3) is 11.4 Å². The Kier molecular flexibility index (Phi) is 17.5. The average molecular weight is 344 g/mol. The molecule has 124 valence electrons. The van der Waals surface area contributed by atoms with E-state index in [9.17, 15) is 9.90 Å². The Balaban J connectivity index is 0. The van der Waals surface area contributed by atoms with Gasteiger partial charge in [0.05, 0.1) is 0 Å². The molecule has 0 amide bonds. The van der Waals surface area contributed by atoms with Crippen LogP contribution in [-0.2, 0) is 20.9 Å². The number of hydrogen-bond acceptors (Lipinski definition) is 4. The number of carbonyl (C=O) groups excluding carboxylic acids is 1. The van der Waals surface area contributed by atoms with Crippen LogP contribution in [0, 0.1) is 0 Å². The number of hydrogen-bond donors (Lipinski definition) is 3. The van der Waals surface area contributed by atoms with Gasteiger partial charge in [0, 0.05) is 0 Å². The third-order valence-corrected chi connectivity index (χ3v) is 3.70. The van der Waals surface area contributed by atoms with E-state index in [2.05, 4.69) is 6.08 Å². The molecule has 1 unspecified atom stereocenters. The predicted molar refractivity (Wildman–Crippen MR) is 87.8 cm³/mol. The molecule has 0 fully saturated rings. The summed E-state index contributed by atoms with van der Waals surface area (Å²) < 4.78 is 27.7. The van der Waals surface area contributed by atoms with E-state index in [0.717, 1.165) is 52.8 Å². The van der Waals surface area contributed by atoms with Crippen LogP contribution in [0.15, 0.2) is 23.3 Å². The van der Waals surface area contributed by atoms with Crippen LogP contribution in [0.4, 0.5) is 0 Å². The van der Waals surface area contributed by atoms with E-state index in [1.165, 1.54) is 5.57 Å². The third kappa shape index (κ3) is 20.0. The van der Waals surface area contributed by atoms with Gasteiger partial charge in [0.2, 0.25) is 0 Å². The Morgan fingerprint density at radius 2 is 1.82 bits per heavy atom. The summed E-state index contributed by atoms with van der Waals surface area (Å²) in [5.74, 6) is -0.128. The molecule has 0 aromatic heterocycles. The quantitative estimate of drug-likeness (QED) is 0.270. The first kappa shape index (κ1) is 24.2. The average Bonchev–Trinajstić information content (AvgIpc) is 2.38. The fourth-order valence-corrected chi connectivity index (χ4v) is 1.59. The maximum atomic E-state index is 11.1. The van der Waals surface area contributed by atoms with Gasteiger partial charge in [-0.3, -0.25) is 9.11 Å². The Hall–Kier alpha value is -0.0200. The van der Waals surface area contributed by atoms with Crippen molar-refractivity contribution in [2.45, 2.75) is 49.8 Å². The fraction of sp³-hybridized carbons (Fsp3) is 0.643. The number of allylic oxidation sites excluding steroid dienone is 2. The summed E-state index contributed by atoms with van der Waals surface area (Å²) in [7, 11) is 0. The molecule has 1 atom stereocenters. The minimum absolute atomic E-state index is 0.128. The monoisotopic (exact) mass is 344 g/mol. The summed E-state index contributed by atoms with van der Waals surface area (Å²) in [6, 6.07) is 0. The molecule has 0 aliphatic carbocycles. The normalized spacial score (nSPS) is 13.5. The van der Waals surface area contributed by atoms with Crippen LogP contribution in [0.25, 0.3) is 0 Å². The number of ether oxygens (including phenoxy) is 1. The van der Waals surface area contributed by atoms with E-state index in [-0.39, 0.29) is 9.32 Å². The van der Waals surface area contributed by atoms with E-state index < -0.39 is 11.4 Å². The van der Waals surface area contributed by atoms with Crippen molar-refractivity contribution in [1.29, 1.82) is 0 Å². The summed E-state index contributed by atoms with van der Waals surface area (Å²) >= 11 is -1.83. The van der Waals surface area contributed by atoms with Gasteiger partial charge in [-0.15, -0.1) is 0 Å². The number of carbonyl (C=O) groups is 1. The Morgan fingerprint density at radius 3 is 2.27 bits per heavy atom. The van der Waals surface area contributed by atoms with Crippen LogP contribution < -0.4 is 0 Å². The van der Waals surface area contributed by atoms with E-state index in [1.807, 2.05) is 26.8 Å². The summed E-state index contributed by atoms with van der Waals surface area (Å²) in [5, 5.41) is 9.36. The van der Waals surface area contributed by atoms with Gasteiger partial charge < -0.3 is 0 Å². The zero-order chi connectivity index (χ0) is 17.5. The molecular weight excluding hydrogens is 319 g/mol. The standard InChI is InChI=1S/C14H23O3.Na.H2O3S/c1-4-6-14(16)17-10-9-12(2)7-5-8-13(3)11-15;;1-4(2)3/h8-9,11,15H,4-7,10H2,1-3H3;;(H2,1,2,3). The molecule has 3 N–H and O–H groups in total. The molecule has 22 heavy (non-hydrogen) atoms. The van der Waals surface area contributed by atoms with Crippen LogP contribution in [0.2, 0.25) is 0 Å². The van der Waals surface area contributed by atoms with Gasteiger partial charge in [0.15, 0.2) is 0 Å². The molecule has 0 aromatic rings. The van der Waals surface area contributed by atoms with Crippen LogP contribution in [0.3, 0.4) is 0 Å². The molecule has 0 aromatic carbocycles. The van der Waals surface area contributed by atoms with Crippen molar-refractivity contribution in [2.24, 2.45) is 0 Å². The van der Waals surface area contributed by atoms with E-state index in [1.54, 1.807) is 0 Å². The van der Waals surface area contributed by atoms with E-state index in [0.29, 0.717) is 13.0 Å². The van der Waals surface area contributed by atoms with E-state index in [4.69, 9.17) is 18.1 Å². The van der Waals surface area contributed by atoms with Crippen molar-refractivity contribution in [3.63, 3.8) is 0 Å². The Bertz CT molecular complexity index is 389. The summed E-state index contributed by atoms with van der Waals surface area (Å²) in [6.45, 7) is 6.33. The minimum Gasteiger partial charge on any atom is -0.284 e. The van der Waals surface area contributed by atoms with Crippen molar-refractivity contribution in [3.8, 4) is 0 Å². The first-order valence-corrected chi connectivity index (χ1v) is 9.38. The van der Waals surface area contributed by atoms with Crippen LogP contribution in [0.5, 0.6) is 0 Å². The van der Waals surface area contributed by atoms with Crippen LogP contribution in [0.1, 0.15) is 46.5 Å². The maximum absolute atomic E-state index is 11.1.